The van der Waals surface area contributed by atoms with Crippen LogP contribution in [-0.2, 0) is 14.3 Å². The van der Waals surface area contributed by atoms with Gasteiger partial charge in [-0.25, -0.2) is 4.79 Å². The zero-order valence-electron chi connectivity index (χ0n) is 17.6. The molecule has 4 rings (SSSR count). The van der Waals surface area contributed by atoms with Crippen molar-refractivity contribution < 1.29 is 24.2 Å². The summed E-state index contributed by atoms with van der Waals surface area (Å²) in [5.41, 5.74) is 1.78. The van der Waals surface area contributed by atoms with Gasteiger partial charge in [-0.3, -0.25) is 14.5 Å². The fourth-order valence-corrected chi connectivity index (χ4v) is 5.15. The van der Waals surface area contributed by atoms with E-state index in [1.54, 1.807) is 4.90 Å². The Balaban J connectivity index is 1.73. The number of fused-ring (bicyclic) bond motifs is 2. The van der Waals surface area contributed by atoms with Crippen molar-refractivity contribution in [3.63, 3.8) is 0 Å². The van der Waals surface area contributed by atoms with Crippen molar-refractivity contribution in [2.24, 2.45) is 5.92 Å². The molecule has 1 heterocycles. The number of carboxylic acids is 1. The van der Waals surface area contributed by atoms with Crippen LogP contribution in [0.1, 0.15) is 70.4 Å². The monoisotopic (exact) mass is 414 g/mol. The summed E-state index contributed by atoms with van der Waals surface area (Å²) in [5, 5.41) is 9.06. The Hall–Kier alpha value is -2.57. The number of anilines is 1. The first-order chi connectivity index (χ1) is 14.4. The van der Waals surface area contributed by atoms with Crippen LogP contribution < -0.4 is 4.90 Å². The fourth-order valence-electron chi connectivity index (χ4n) is 5.15. The number of carboxylic acid groups (broad SMARTS) is 1. The van der Waals surface area contributed by atoms with Gasteiger partial charge in [-0.2, -0.15) is 0 Å². The Labute approximate surface area is 177 Å². The lowest BCUT2D eigenvalue weighted by molar-refractivity contribution is -0.142. The van der Waals surface area contributed by atoms with Gasteiger partial charge in [-0.05, 0) is 51.2 Å². The Morgan fingerprint density at radius 1 is 1.13 bits per heavy atom. The molecule has 3 aliphatic rings. The van der Waals surface area contributed by atoms with E-state index in [2.05, 4.69) is 0 Å². The molecule has 2 fully saturated rings. The van der Waals surface area contributed by atoms with Crippen LogP contribution >= 0.6 is 0 Å². The van der Waals surface area contributed by atoms with Gasteiger partial charge < -0.3 is 14.7 Å². The van der Waals surface area contributed by atoms with Gasteiger partial charge in [0.1, 0.15) is 0 Å². The highest BCUT2D eigenvalue weighted by Gasteiger charge is 2.51. The van der Waals surface area contributed by atoms with E-state index in [1.165, 1.54) is 0 Å². The van der Waals surface area contributed by atoms with E-state index in [0.717, 1.165) is 43.4 Å². The quantitative estimate of drug-likeness (QED) is 0.757. The molecular formula is C23H30N2O5. The Bertz CT molecular complexity index is 835. The highest BCUT2D eigenvalue weighted by molar-refractivity contribution is 5.91. The van der Waals surface area contributed by atoms with Gasteiger partial charge in [-0.1, -0.05) is 24.6 Å². The summed E-state index contributed by atoms with van der Waals surface area (Å²) in [5.74, 6) is -0.915. The standard InChI is InChI=1S/C23H30N2O5/c1-14(2)30-23(29)25-18-8-4-3-6-16(18)22(17-7-5-9-19(17)25)24(15-10-11-15)20(26)12-13-21(27)28/h3-4,6,8,14-15,17,19,22H,5,7,9-13H2,1-2H3,(H,27,28). The minimum absolute atomic E-state index is 0.00956. The smallest absolute Gasteiger partial charge is 0.414 e. The molecule has 0 aromatic heterocycles. The lowest BCUT2D eigenvalue weighted by Gasteiger charge is -2.47. The van der Waals surface area contributed by atoms with Crippen molar-refractivity contribution in [2.45, 2.75) is 83.0 Å². The second-order valence-corrected chi connectivity index (χ2v) is 8.89. The number of ether oxygens (including phenoxy) is 1. The van der Waals surface area contributed by atoms with E-state index in [1.807, 2.05) is 43.0 Å². The van der Waals surface area contributed by atoms with Crippen LogP contribution in [0.15, 0.2) is 24.3 Å². The number of rotatable bonds is 6. The Morgan fingerprint density at radius 3 is 2.53 bits per heavy atom. The van der Waals surface area contributed by atoms with E-state index in [0.29, 0.717) is 0 Å². The van der Waals surface area contributed by atoms with Crippen molar-refractivity contribution in [3.8, 4) is 0 Å². The van der Waals surface area contributed by atoms with Crippen LogP contribution in [0.5, 0.6) is 0 Å². The molecule has 2 aliphatic carbocycles. The third-order valence-electron chi connectivity index (χ3n) is 6.40. The van der Waals surface area contributed by atoms with Crippen LogP contribution in [0.4, 0.5) is 10.5 Å². The average molecular weight is 415 g/mol. The predicted octanol–water partition coefficient (Wildman–Crippen LogP) is 4.12. The molecule has 30 heavy (non-hydrogen) atoms. The van der Waals surface area contributed by atoms with E-state index < -0.39 is 5.97 Å². The second-order valence-electron chi connectivity index (χ2n) is 8.89. The molecule has 0 spiro atoms. The van der Waals surface area contributed by atoms with Crippen molar-refractivity contribution in [1.82, 2.24) is 4.90 Å². The summed E-state index contributed by atoms with van der Waals surface area (Å²) in [6.07, 6.45) is 4.04. The number of benzene rings is 1. The Morgan fingerprint density at radius 2 is 1.87 bits per heavy atom. The SMILES string of the molecule is CC(C)OC(=O)N1c2ccccc2C(N(C(=O)CCC(=O)O)C2CC2)C2CCCC21. The lowest BCUT2D eigenvalue weighted by atomic mass is 9.81. The summed E-state index contributed by atoms with van der Waals surface area (Å²) in [6.45, 7) is 3.69. The molecule has 1 aliphatic heterocycles. The summed E-state index contributed by atoms with van der Waals surface area (Å²) < 4.78 is 5.56. The molecule has 3 atom stereocenters. The third kappa shape index (κ3) is 3.89. The van der Waals surface area contributed by atoms with Gasteiger partial charge in [-0.15, -0.1) is 0 Å². The number of carbonyl (C=O) groups is 3. The van der Waals surface area contributed by atoms with Crippen LogP contribution in [0.25, 0.3) is 0 Å². The molecule has 0 radical (unpaired) electrons. The summed E-state index contributed by atoms with van der Waals surface area (Å²) >= 11 is 0. The zero-order chi connectivity index (χ0) is 21.4. The first-order valence-electron chi connectivity index (χ1n) is 11.0. The van der Waals surface area contributed by atoms with Gasteiger partial charge in [0.25, 0.3) is 0 Å². The van der Waals surface area contributed by atoms with E-state index >= 15 is 0 Å². The minimum atomic E-state index is -0.954. The molecule has 2 amide bonds. The summed E-state index contributed by atoms with van der Waals surface area (Å²) in [7, 11) is 0. The number of para-hydroxylation sites is 1. The number of carbonyl (C=O) groups excluding carboxylic acids is 2. The fraction of sp³-hybridized carbons (Fsp3) is 0.609. The van der Waals surface area contributed by atoms with Crippen molar-refractivity contribution in [3.05, 3.63) is 29.8 Å². The normalized spacial score (nSPS) is 24.9. The molecule has 2 saturated carbocycles. The first kappa shape index (κ1) is 20.7. The number of aliphatic carboxylic acids is 1. The van der Waals surface area contributed by atoms with Crippen molar-refractivity contribution in [2.75, 3.05) is 4.90 Å². The van der Waals surface area contributed by atoms with E-state index in [-0.39, 0.29) is 55.0 Å². The largest absolute Gasteiger partial charge is 0.481 e. The highest BCUT2D eigenvalue weighted by Crippen LogP contribution is 2.52. The lowest BCUT2D eigenvalue weighted by Crippen LogP contribution is -2.53. The molecule has 0 bridgehead atoms. The average Bonchev–Trinajstić information content (AvgIpc) is 3.41. The molecule has 162 valence electrons. The molecule has 7 heteroatoms. The molecule has 3 unspecified atom stereocenters. The first-order valence-corrected chi connectivity index (χ1v) is 11.0. The number of hydrogen-bond donors (Lipinski definition) is 1. The predicted molar refractivity (Wildman–Crippen MR) is 111 cm³/mol. The van der Waals surface area contributed by atoms with Crippen LogP contribution in [0.3, 0.4) is 0 Å². The van der Waals surface area contributed by atoms with Gasteiger partial charge in [0.05, 0.1) is 24.3 Å². The molecule has 7 nitrogen and oxygen atoms in total. The topological polar surface area (TPSA) is 87.2 Å². The van der Waals surface area contributed by atoms with Gasteiger partial charge in [0.15, 0.2) is 0 Å². The van der Waals surface area contributed by atoms with E-state index in [4.69, 9.17) is 9.84 Å². The molecule has 0 saturated heterocycles. The number of nitrogens with zero attached hydrogens (tertiary/aromatic N) is 2. The van der Waals surface area contributed by atoms with E-state index in [9.17, 15) is 14.4 Å². The number of hydrogen-bond acceptors (Lipinski definition) is 4. The van der Waals surface area contributed by atoms with Gasteiger partial charge >= 0.3 is 12.1 Å². The third-order valence-corrected chi connectivity index (χ3v) is 6.40. The Kier molecular flexibility index (Phi) is 5.71. The number of amides is 2. The summed E-state index contributed by atoms with van der Waals surface area (Å²) in [4.78, 5) is 41.0. The molecule has 1 aromatic rings. The molecule has 1 aromatic carbocycles. The second kappa shape index (κ2) is 8.28. The van der Waals surface area contributed by atoms with Gasteiger partial charge in [0.2, 0.25) is 5.91 Å². The highest BCUT2D eigenvalue weighted by atomic mass is 16.6. The maximum atomic E-state index is 13.1. The summed E-state index contributed by atoms with van der Waals surface area (Å²) in [6, 6.07) is 7.83. The van der Waals surface area contributed by atoms with Crippen molar-refractivity contribution in [1.29, 1.82) is 0 Å². The minimum Gasteiger partial charge on any atom is -0.481 e. The maximum Gasteiger partial charge on any atom is 0.414 e. The van der Waals surface area contributed by atoms with Crippen LogP contribution in [0.2, 0.25) is 0 Å². The zero-order valence-corrected chi connectivity index (χ0v) is 17.6. The molecular weight excluding hydrogens is 384 g/mol. The molecule has 1 N–H and O–H groups in total. The van der Waals surface area contributed by atoms with Crippen LogP contribution in [0, 0.1) is 5.92 Å². The van der Waals surface area contributed by atoms with Gasteiger partial charge in [0, 0.05) is 24.4 Å². The van der Waals surface area contributed by atoms with Crippen LogP contribution in [-0.4, -0.2) is 46.2 Å². The maximum absolute atomic E-state index is 13.1. The van der Waals surface area contributed by atoms with Crippen molar-refractivity contribution >= 4 is 23.7 Å².